The van der Waals surface area contributed by atoms with Crippen LogP contribution in [-0.2, 0) is 9.53 Å². The summed E-state index contributed by atoms with van der Waals surface area (Å²) >= 11 is 0. The van der Waals surface area contributed by atoms with Crippen LogP contribution in [0.4, 0.5) is 0 Å². The maximum absolute atomic E-state index is 12.3. The number of carbonyl (C=O) groups is 1. The van der Waals surface area contributed by atoms with Crippen LogP contribution in [0.25, 0.3) is 0 Å². The second kappa shape index (κ2) is 7.13. The summed E-state index contributed by atoms with van der Waals surface area (Å²) in [5.41, 5.74) is 0.540. The zero-order valence-electron chi connectivity index (χ0n) is 17.9. The third-order valence-corrected chi connectivity index (χ3v) is 9.69. The molecule has 4 aliphatic carbocycles. The molecule has 0 aliphatic heterocycles. The smallest absolute Gasteiger partial charge is 0.133 e. The van der Waals surface area contributed by atoms with Crippen LogP contribution in [0.1, 0.15) is 85.5 Å². The normalized spacial score (nSPS) is 52.0. The Labute approximate surface area is 165 Å². The van der Waals surface area contributed by atoms with Crippen molar-refractivity contribution in [3.8, 4) is 0 Å². The summed E-state index contributed by atoms with van der Waals surface area (Å²) in [6.45, 7) is 9.67. The van der Waals surface area contributed by atoms with Crippen LogP contribution in [-0.4, -0.2) is 29.7 Å². The molecular formula is C24H40O3. The molecule has 27 heavy (non-hydrogen) atoms. The number of aliphatic hydroxyl groups excluding tert-OH is 1. The number of hydrogen-bond donors (Lipinski definition) is 1. The third-order valence-electron chi connectivity index (χ3n) is 9.69. The van der Waals surface area contributed by atoms with Gasteiger partial charge >= 0.3 is 0 Å². The van der Waals surface area contributed by atoms with Crippen LogP contribution in [0, 0.1) is 40.4 Å². The van der Waals surface area contributed by atoms with Gasteiger partial charge in [-0.1, -0.05) is 20.8 Å². The monoisotopic (exact) mass is 376 g/mol. The maximum atomic E-state index is 12.3. The van der Waals surface area contributed by atoms with Crippen LogP contribution < -0.4 is 0 Å². The van der Waals surface area contributed by atoms with Crippen molar-refractivity contribution >= 4 is 5.78 Å². The molecule has 0 amide bonds. The number of aliphatic hydroxyl groups is 1. The summed E-state index contributed by atoms with van der Waals surface area (Å²) in [5.74, 6) is 3.61. The average Bonchev–Trinajstić information content (AvgIpc) is 2.98. The van der Waals surface area contributed by atoms with E-state index in [-0.39, 0.29) is 17.6 Å². The molecule has 0 unspecified atom stereocenters. The fraction of sp³-hybridized carbons (Fsp3) is 0.958. The van der Waals surface area contributed by atoms with Crippen LogP contribution in [0.5, 0.6) is 0 Å². The van der Waals surface area contributed by atoms with Gasteiger partial charge in [-0.2, -0.15) is 0 Å². The van der Waals surface area contributed by atoms with Crippen molar-refractivity contribution in [2.24, 2.45) is 40.4 Å². The number of carbonyl (C=O) groups excluding carboxylic acids is 1. The first-order valence-electron chi connectivity index (χ1n) is 11.6. The van der Waals surface area contributed by atoms with Gasteiger partial charge in [-0.05, 0) is 99.2 Å². The van der Waals surface area contributed by atoms with Crippen LogP contribution in [0.15, 0.2) is 0 Å². The van der Waals surface area contributed by atoms with E-state index in [1.54, 1.807) is 0 Å². The topological polar surface area (TPSA) is 46.5 Å². The Morgan fingerprint density at radius 3 is 2.52 bits per heavy atom. The quantitative estimate of drug-likeness (QED) is 0.751. The molecule has 154 valence electrons. The molecule has 0 aromatic rings. The summed E-state index contributed by atoms with van der Waals surface area (Å²) in [7, 11) is 0. The molecule has 0 radical (unpaired) electrons. The Bertz CT molecular complexity index is 574. The molecule has 3 nitrogen and oxygen atoms in total. The van der Waals surface area contributed by atoms with Crippen molar-refractivity contribution in [2.75, 3.05) is 6.61 Å². The standard InChI is InChI=1S/C24H40O3/c1-5-12-27-22-14-24(4)16(13-21(22)26)6-7-17-19-9-8-18(15(2)25)23(19,3)11-10-20(17)24/h16-22,26H,5-14H2,1-4H3/t16-,17-,18+,19-,20-,21-,22-,23+,24-/m0/s1. The highest BCUT2D eigenvalue weighted by atomic mass is 16.5. The first-order valence-corrected chi connectivity index (χ1v) is 11.6. The number of ketones is 1. The van der Waals surface area contributed by atoms with Crippen molar-refractivity contribution in [3.05, 3.63) is 0 Å². The van der Waals surface area contributed by atoms with Gasteiger partial charge in [0.05, 0.1) is 12.2 Å². The molecule has 0 saturated heterocycles. The summed E-state index contributed by atoms with van der Waals surface area (Å²) in [5, 5.41) is 10.7. The maximum Gasteiger partial charge on any atom is 0.133 e. The van der Waals surface area contributed by atoms with E-state index >= 15 is 0 Å². The van der Waals surface area contributed by atoms with Gasteiger partial charge < -0.3 is 9.84 Å². The second-order valence-electron chi connectivity index (χ2n) is 10.9. The number of hydrogen-bond acceptors (Lipinski definition) is 3. The molecule has 1 N–H and O–H groups in total. The van der Waals surface area contributed by atoms with Gasteiger partial charge in [0.25, 0.3) is 0 Å². The van der Waals surface area contributed by atoms with E-state index in [1.807, 2.05) is 6.92 Å². The first kappa shape index (κ1) is 19.9. The molecule has 0 aromatic carbocycles. The van der Waals surface area contributed by atoms with E-state index in [0.29, 0.717) is 23.0 Å². The number of fused-ring (bicyclic) bond motifs is 5. The zero-order valence-corrected chi connectivity index (χ0v) is 17.9. The zero-order chi connectivity index (χ0) is 19.4. The van der Waals surface area contributed by atoms with E-state index in [9.17, 15) is 9.90 Å². The molecule has 3 heteroatoms. The molecule has 4 rings (SSSR count). The van der Waals surface area contributed by atoms with Gasteiger partial charge in [-0.25, -0.2) is 0 Å². The highest BCUT2D eigenvalue weighted by Crippen LogP contribution is 2.67. The van der Waals surface area contributed by atoms with Crippen LogP contribution >= 0.6 is 0 Å². The van der Waals surface area contributed by atoms with Crippen molar-refractivity contribution < 1.29 is 14.6 Å². The fourth-order valence-electron chi connectivity index (χ4n) is 8.36. The Hall–Kier alpha value is -0.410. The Balaban J connectivity index is 1.57. The minimum absolute atomic E-state index is 0.0202. The molecule has 0 aromatic heterocycles. The molecule has 4 fully saturated rings. The minimum atomic E-state index is -0.284. The first-order chi connectivity index (χ1) is 12.8. The summed E-state index contributed by atoms with van der Waals surface area (Å²) in [6.07, 6.45) is 10.1. The Morgan fingerprint density at radius 1 is 1.07 bits per heavy atom. The number of ether oxygens (including phenoxy) is 1. The summed E-state index contributed by atoms with van der Waals surface area (Å²) < 4.78 is 6.10. The lowest BCUT2D eigenvalue weighted by atomic mass is 9.44. The van der Waals surface area contributed by atoms with Gasteiger partial charge in [0.1, 0.15) is 5.78 Å². The largest absolute Gasteiger partial charge is 0.390 e. The van der Waals surface area contributed by atoms with E-state index in [1.165, 1.54) is 32.1 Å². The predicted octanol–water partition coefficient (Wildman–Crippen LogP) is 5.00. The number of Topliss-reactive ketones (excluding diaryl/α,β-unsaturated/α-hetero) is 1. The molecular weight excluding hydrogens is 336 g/mol. The Kier molecular flexibility index (Phi) is 5.25. The molecule has 0 heterocycles. The molecule has 9 atom stereocenters. The Morgan fingerprint density at radius 2 is 1.81 bits per heavy atom. The summed E-state index contributed by atoms with van der Waals surface area (Å²) in [6, 6.07) is 0. The lowest BCUT2D eigenvalue weighted by Gasteiger charge is -2.61. The fourth-order valence-corrected chi connectivity index (χ4v) is 8.36. The number of rotatable bonds is 4. The second-order valence-corrected chi connectivity index (χ2v) is 10.9. The highest BCUT2D eigenvalue weighted by Gasteiger charge is 2.61. The van der Waals surface area contributed by atoms with Crippen molar-refractivity contribution in [3.63, 3.8) is 0 Å². The highest BCUT2D eigenvalue weighted by molar-refractivity contribution is 5.79. The van der Waals surface area contributed by atoms with E-state index in [2.05, 4.69) is 20.8 Å². The lowest BCUT2D eigenvalue weighted by Crippen LogP contribution is -2.57. The van der Waals surface area contributed by atoms with E-state index < -0.39 is 0 Å². The SMILES string of the molecule is CCCO[C@H]1C[C@@]2(C)[C@@H](CC[C@@H]3[C@@H]2CC[C@]2(C)[C@@H](C(C)=O)CC[C@@H]32)C[C@@H]1O. The van der Waals surface area contributed by atoms with Gasteiger partial charge in [0, 0.05) is 12.5 Å². The van der Waals surface area contributed by atoms with Gasteiger partial charge in [-0.15, -0.1) is 0 Å². The molecule has 4 aliphatic rings. The van der Waals surface area contributed by atoms with Crippen molar-refractivity contribution in [2.45, 2.75) is 97.7 Å². The van der Waals surface area contributed by atoms with Crippen LogP contribution in [0.2, 0.25) is 0 Å². The van der Waals surface area contributed by atoms with Crippen LogP contribution in [0.3, 0.4) is 0 Å². The molecule has 4 saturated carbocycles. The van der Waals surface area contributed by atoms with Gasteiger partial charge in [0.15, 0.2) is 0 Å². The van der Waals surface area contributed by atoms with E-state index in [4.69, 9.17) is 4.74 Å². The predicted molar refractivity (Wildman–Crippen MR) is 107 cm³/mol. The lowest BCUT2D eigenvalue weighted by molar-refractivity contribution is -0.172. The minimum Gasteiger partial charge on any atom is -0.390 e. The third kappa shape index (κ3) is 3.03. The molecule has 0 bridgehead atoms. The van der Waals surface area contributed by atoms with Crippen molar-refractivity contribution in [1.82, 2.24) is 0 Å². The van der Waals surface area contributed by atoms with E-state index in [0.717, 1.165) is 50.0 Å². The molecule has 0 spiro atoms. The average molecular weight is 377 g/mol. The summed E-state index contributed by atoms with van der Waals surface area (Å²) in [4.78, 5) is 12.3. The van der Waals surface area contributed by atoms with Crippen molar-refractivity contribution in [1.29, 1.82) is 0 Å². The van der Waals surface area contributed by atoms with Gasteiger partial charge in [0.2, 0.25) is 0 Å². The van der Waals surface area contributed by atoms with Gasteiger partial charge in [-0.3, -0.25) is 4.79 Å².